The molecule has 2 N–H and O–H groups in total. The first-order valence-electron chi connectivity index (χ1n) is 6.09. The third-order valence-electron chi connectivity index (χ3n) is 3.51. The molecular weight excluding hydrogens is 204 g/mol. The van der Waals surface area contributed by atoms with Gasteiger partial charge in [0.2, 0.25) is 0 Å². The summed E-state index contributed by atoms with van der Waals surface area (Å²) < 4.78 is 0. The molecule has 4 nitrogen and oxygen atoms in total. The van der Waals surface area contributed by atoms with Crippen LogP contribution in [0, 0.1) is 0 Å². The van der Waals surface area contributed by atoms with Crippen molar-refractivity contribution in [3.63, 3.8) is 0 Å². The van der Waals surface area contributed by atoms with Crippen molar-refractivity contribution in [1.29, 1.82) is 0 Å². The van der Waals surface area contributed by atoms with E-state index in [1.54, 1.807) is 0 Å². The van der Waals surface area contributed by atoms with E-state index in [0.29, 0.717) is 6.04 Å². The first-order valence-corrected chi connectivity index (χ1v) is 6.09. The van der Waals surface area contributed by atoms with Crippen molar-refractivity contribution < 1.29 is 9.90 Å². The van der Waals surface area contributed by atoms with Gasteiger partial charge in [0.1, 0.15) is 0 Å². The van der Waals surface area contributed by atoms with Crippen LogP contribution in [0.15, 0.2) is 0 Å². The van der Waals surface area contributed by atoms with E-state index in [0.717, 1.165) is 19.5 Å². The fourth-order valence-electron chi connectivity index (χ4n) is 2.75. The van der Waals surface area contributed by atoms with Crippen molar-refractivity contribution in [2.75, 3.05) is 13.1 Å². The molecule has 0 amide bonds. The zero-order chi connectivity index (χ0) is 12.3. The number of hydrogen-bond acceptors (Lipinski definition) is 3. The lowest BCUT2D eigenvalue weighted by molar-refractivity contribution is -0.140. The topological polar surface area (TPSA) is 52.6 Å². The average Bonchev–Trinajstić information content (AvgIpc) is 2.14. The SMILES string of the molecule is CCC(C)N1C(CC(=O)O)CNCC1(C)C. The molecule has 2 unspecified atom stereocenters. The number of nitrogens with zero attached hydrogens (tertiary/aromatic N) is 1. The van der Waals surface area contributed by atoms with Gasteiger partial charge < -0.3 is 10.4 Å². The average molecular weight is 228 g/mol. The number of rotatable bonds is 4. The van der Waals surface area contributed by atoms with Crippen molar-refractivity contribution in [2.24, 2.45) is 0 Å². The summed E-state index contributed by atoms with van der Waals surface area (Å²) in [5, 5.41) is 12.3. The lowest BCUT2D eigenvalue weighted by Gasteiger charge is -2.50. The lowest BCUT2D eigenvalue weighted by atomic mass is 9.92. The standard InChI is InChI=1S/C12H24N2O2/c1-5-9(2)14-10(6-11(15)16)7-13-8-12(14,3)4/h9-10,13H,5-8H2,1-4H3,(H,15,16). The molecule has 94 valence electrons. The number of carboxylic acid groups (broad SMARTS) is 1. The van der Waals surface area contributed by atoms with E-state index < -0.39 is 5.97 Å². The molecule has 1 fully saturated rings. The first kappa shape index (κ1) is 13.5. The summed E-state index contributed by atoms with van der Waals surface area (Å²) in [5.74, 6) is -0.710. The Morgan fingerprint density at radius 2 is 2.25 bits per heavy atom. The van der Waals surface area contributed by atoms with Gasteiger partial charge in [-0.1, -0.05) is 6.92 Å². The summed E-state index contributed by atoms with van der Waals surface area (Å²) >= 11 is 0. The maximum atomic E-state index is 10.9. The molecule has 1 heterocycles. The van der Waals surface area contributed by atoms with Crippen molar-refractivity contribution in [3.05, 3.63) is 0 Å². The van der Waals surface area contributed by atoms with Crippen molar-refractivity contribution >= 4 is 5.97 Å². The fourth-order valence-corrected chi connectivity index (χ4v) is 2.75. The van der Waals surface area contributed by atoms with Gasteiger partial charge in [-0.25, -0.2) is 0 Å². The Morgan fingerprint density at radius 1 is 1.62 bits per heavy atom. The summed E-state index contributed by atoms with van der Waals surface area (Å²) in [5.41, 5.74) is 0.0355. The van der Waals surface area contributed by atoms with Crippen LogP contribution in [0.25, 0.3) is 0 Å². The Balaban J connectivity index is 2.83. The van der Waals surface area contributed by atoms with Crippen LogP contribution < -0.4 is 5.32 Å². The minimum absolute atomic E-state index is 0.0355. The van der Waals surface area contributed by atoms with Gasteiger partial charge in [0.15, 0.2) is 0 Å². The molecule has 0 radical (unpaired) electrons. The van der Waals surface area contributed by atoms with Gasteiger partial charge in [0.25, 0.3) is 0 Å². The Bertz CT molecular complexity index is 253. The first-order chi connectivity index (χ1) is 7.38. The van der Waals surface area contributed by atoms with E-state index >= 15 is 0 Å². The second kappa shape index (κ2) is 5.15. The number of piperazine rings is 1. The highest BCUT2D eigenvalue weighted by Crippen LogP contribution is 2.26. The van der Waals surface area contributed by atoms with Gasteiger partial charge in [-0.05, 0) is 27.2 Å². The predicted octanol–water partition coefficient (Wildman–Crippen LogP) is 1.31. The summed E-state index contributed by atoms with van der Waals surface area (Å²) in [6.07, 6.45) is 1.28. The fraction of sp³-hybridized carbons (Fsp3) is 0.917. The molecule has 16 heavy (non-hydrogen) atoms. The lowest BCUT2D eigenvalue weighted by Crippen LogP contribution is -2.65. The second-order valence-corrected chi connectivity index (χ2v) is 5.36. The molecule has 1 aliphatic heterocycles. The van der Waals surface area contributed by atoms with Crippen molar-refractivity contribution in [1.82, 2.24) is 10.2 Å². The van der Waals surface area contributed by atoms with Crippen molar-refractivity contribution in [2.45, 2.75) is 58.2 Å². The highest BCUT2D eigenvalue weighted by molar-refractivity contribution is 5.67. The zero-order valence-electron chi connectivity index (χ0n) is 10.8. The Morgan fingerprint density at radius 3 is 2.75 bits per heavy atom. The smallest absolute Gasteiger partial charge is 0.304 e. The molecule has 0 bridgehead atoms. The van der Waals surface area contributed by atoms with Crippen molar-refractivity contribution in [3.8, 4) is 0 Å². The Kier molecular flexibility index (Phi) is 4.33. The van der Waals surface area contributed by atoms with Gasteiger partial charge in [-0.3, -0.25) is 9.69 Å². The number of nitrogens with one attached hydrogen (secondary N) is 1. The minimum Gasteiger partial charge on any atom is -0.481 e. The molecule has 0 aromatic heterocycles. The summed E-state index contributed by atoms with van der Waals surface area (Å²) in [7, 11) is 0. The minimum atomic E-state index is -0.710. The zero-order valence-corrected chi connectivity index (χ0v) is 10.8. The van der Waals surface area contributed by atoms with Crippen LogP contribution >= 0.6 is 0 Å². The van der Waals surface area contributed by atoms with Crippen LogP contribution in [-0.2, 0) is 4.79 Å². The van der Waals surface area contributed by atoms with E-state index in [4.69, 9.17) is 5.11 Å². The van der Waals surface area contributed by atoms with Crippen LogP contribution in [0.5, 0.6) is 0 Å². The van der Waals surface area contributed by atoms with E-state index in [-0.39, 0.29) is 18.0 Å². The molecule has 0 aromatic rings. The summed E-state index contributed by atoms with van der Waals surface area (Å²) in [6, 6.07) is 0.539. The second-order valence-electron chi connectivity index (χ2n) is 5.36. The maximum Gasteiger partial charge on any atom is 0.304 e. The van der Waals surface area contributed by atoms with Gasteiger partial charge in [0.05, 0.1) is 6.42 Å². The Labute approximate surface area is 98.0 Å². The van der Waals surface area contributed by atoms with E-state index in [2.05, 4.69) is 37.9 Å². The number of carboxylic acids is 1. The van der Waals surface area contributed by atoms with Crippen LogP contribution in [-0.4, -0.2) is 46.7 Å². The molecule has 4 heteroatoms. The molecule has 0 aliphatic carbocycles. The van der Waals surface area contributed by atoms with Crippen LogP contribution in [0.2, 0.25) is 0 Å². The van der Waals surface area contributed by atoms with E-state index in [9.17, 15) is 4.79 Å². The number of hydrogen-bond donors (Lipinski definition) is 2. The third-order valence-corrected chi connectivity index (χ3v) is 3.51. The third kappa shape index (κ3) is 2.95. The molecule has 1 aliphatic rings. The largest absolute Gasteiger partial charge is 0.481 e. The van der Waals surface area contributed by atoms with Gasteiger partial charge in [-0.15, -0.1) is 0 Å². The highest BCUT2D eigenvalue weighted by Gasteiger charge is 2.39. The van der Waals surface area contributed by atoms with E-state index in [1.807, 2.05) is 0 Å². The van der Waals surface area contributed by atoms with Crippen LogP contribution in [0.1, 0.15) is 40.5 Å². The Hall–Kier alpha value is -0.610. The molecule has 2 atom stereocenters. The quantitative estimate of drug-likeness (QED) is 0.762. The van der Waals surface area contributed by atoms with Gasteiger partial charge >= 0.3 is 5.97 Å². The highest BCUT2D eigenvalue weighted by atomic mass is 16.4. The normalized spacial score (nSPS) is 27.6. The molecular formula is C12H24N2O2. The molecule has 0 aromatic carbocycles. The molecule has 1 rings (SSSR count). The van der Waals surface area contributed by atoms with Crippen LogP contribution in [0.4, 0.5) is 0 Å². The van der Waals surface area contributed by atoms with Gasteiger partial charge in [0, 0.05) is 30.7 Å². The number of aliphatic carboxylic acids is 1. The molecule has 1 saturated heterocycles. The molecule has 0 saturated carbocycles. The van der Waals surface area contributed by atoms with Crippen LogP contribution in [0.3, 0.4) is 0 Å². The summed E-state index contributed by atoms with van der Waals surface area (Å²) in [4.78, 5) is 13.3. The predicted molar refractivity (Wildman–Crippen MR) is 64.6 cm³/mol. The maximum absolute atomic E-state index is 10.9. The molecule has 0 spiro atoms. The summed E-state index contributed by atoms with van der Waals surface area (Å²) in [6.45, 7) is 10.4. The van der Waals surface area contributed by atoms with E-state index in [1.165, 1.54) is 0 Å². The number of carbonyl (C=O) groups is 1. The van der Waals surface area contributed by atoms with Gasteiger partial charge in [-0.2, -0.15) is 0 Å². The monoisotopic (exact) mass is 228 g/mol.